The normalized spacial score (nSPS) is 10.9. The van der Waals surface area contributed by atoms with Crippen LogP contribution in [0, 0.1) is 11.3 Å². The number of rotatable bonds is 4. The number of ether oxygens (including phenoxy) is 2. The van der Waals surface area contributed by atoms with E-state index in [9.17, 15) is 13.2 Å². The van der Waals surface area contributed by atoms with Gasteiger partial charge < -0.3 is 15.2 Å². The van der Waals surface area contributed by atoms with E-state index in [1.165, 1.54) is 7.11 Å². The summed E-state index contributed by atoms with van der Waals surface area (Å²) >= 11 is 0. The van der Waals surface area contributed by atoms with Crippen LogP contribution in [-0.4, -0.2) is 18.5 Å². The summed E-state index contributed by atoms with van der Waals surface area (Å²) < 4.78 is 45.5. The molecule has 0 aromatic carbocycles. The lowest BCUT2D eigenvalue weighted by molar-refractivity contribution is -0.275. The Balaban J connectivity index is 3.36. The molecule has 0 radical (unpaired) electrons. The highest BCUT2D eigenvalue weighted by Gasteiger charge is 2.34. The van der Waals surface area contributed by atoms with Gasteiger partial charge >= 0.3 is 6.36 Å². The number of nitrogens with two attached hydrogens (primary N) is 1. The fourth-order valence-corrected chi connectivity index (χ4v) is 1.36. The summed E-state index contributed by atoms with van der Waals surface area (Å²) in [5, 5.41) is 8.63. The van der Waals surface area contributed by atoms with Crippen molar-refractivity contribution in [3.63, 3.8) is 0 Å². The van der Waals surface area contributed by atoms with Crippen molar-refractivity contribution in [2.24, 2.45) is 5.73 Å². The Labute approximate surface area is 101 Å². The number of pyridine rings is 1. The average Bonchev–Trinajstić information content (AvgIpc) is 2.29. The van der Waals surface area contributed by atoms with Gasteiger partial charge in [-0.3, -0.25) is 4.98 Å². The van der Waals surface area contributed by atoms with E-state index in [0.717, 1.165) is 6.20 Å². The number of halogens is 3. The van der Waals surface area contributed by atoms with Gasteiger partial charge in [0, 0.05) is 12.1 Å². The molecule has 1 heterocycles. The number of hydrogen-bond acceptors (Lipinski definition) is 5. The first-order valence-corrected chi connectivity index (χ1v) is 4.80. The van der Waals surface area contributed by atoms with E-state index in [-0.39, 0.29) is 30.0 Å². The van der Waals surface area contributed by atoms with E-state index >= 15 is 0 Å². The van der Waals surface area contributed by atoms with E-state index in [1.807, 2.05) is 0 Å². The van der Waals surface area contributed by atoms with Gasteiger partial charge in [-0.2, -0.15) is 5.26 Å². The molecule has 18 heavy (non-hydrogen) atoms. The fraction of sp³-hybridized carbons (Fsp3) is 0.400. The van der Waals surface area contributed by atoms with Crippen molar-refractivity contribution >= 4 is 0 Å². The van der Waals surface area contributed by atoms with Gasteiger partial charge in [0.15, 0.2) is 11.5 Å². The van der Waals surface area contributed by atoms with Gasteiger partial charge in [0.2, 0.25) is 0 Å². The molecule has 0 aliphatic rings. The molecule has 0 aliphatic carbocycles. The van der Waals surface area contributed by atoms with Gasteiger partial charge in [0.05, 0.1) is 31.5 Å². The first-order valence-electron chi connectivity index (χ1n) is 4.80. The summed E-state index contributed by atoms with van der Waals surface area (Å²) in [6.45, 7) is -0.102. The Morgan fingerprint density at radius 1 is 1.50 bits per heavy atom. The third kappa shape index (κ3) is 3.24. The van der Waals surface area contributed by atoms with Crippen molar-refractivity contribution < 1.29 is 22.6 Å². The third-order valence-electron chi connectivity index (χ3n) is 2.07. The predicted octanol–water partition coefficient (Wildman–Crippen LogP) is 1.51. The van der Waals surface area contributed by atoms with Crippen molar-refractivity contribution in [1.29, 1.82) is 5.26 Å². The van der Waals surface area contributed by atoms with Crippen LogP contribution < -0.4 is 15.2 Å². The number of nitrogens with zero attached hydrogens (tertiary/aromatic N) is 2. The topological polar surface area (TPSA) is 81.2 Å². The van der Waals surface area contributed by atoms with Gasteiger partial charge in [-0.15, -0.1) is 13.2 Å². The molecule has 0 aliphatic heterocycles. The standard InChI is InChI=1S/C10H10F3N3O2/c1-17-8-5-16-7(4-15)6(2-3-14)9(8)18-10(11,12)13/h5H,2,4,15H2,1H3. The summed E-state index contributed by atoms with van der Waals surface area (Å²) in [6, 6.07) is 1.74. The molecule has 0 saturated heterocycles. The van der Waals surface area contributed by atoms with Gasteiger partial charge in [-0.25, -0.2) is 0 Å². The molecule has 0 amide bonds. The molecule has 5 nitrogen and oxygen atoms in total. The van der Waals surface area contributed by atoms with Crippen molar-refractivity contribution in [3.8, 4) is 17.6 Å². The molecule has 0 spiro atoms. The van der Waals surface area contributed by atoms with Crippen LogP contribution >= 0.6 is 0 Å². The molecule has 0 atom stereocenters. The van der Waals surface area contributed by atoms with Crippen LogP contribution in [0.25, 0.3) is 0 Å². The lowest BCUT2D eigenvalue weighted by atomic mass is 10.1. The number of methoxy groups -OCH3 is 1. The second-order valence-electron chi connectivity index (χ2n) is 3.17. The molecule has 1 rings (SSSR count). The highest BCUT2D eigenvalue weighted by Crippen LogP contribution is 2.36. The van der Waals surface area contributed by atoms with Gasteiger partial charge in [-0.1, -0.05) is 0 Å². The first-order chi connectivity index (χ1) is 8.42. The molecule has 1 aromatic rings. The Bertz CT molecular complexity index is 469. The summed E-state index contributed by atoms with van der Waals surface area (Å²) in [5.74, 6) is -0.767. The predicted molar refractivity (Wildman–Crippen MR) is 54.7 cm³/mol. The molecule has 1 aromatic heterocycles. The largest absolute Gasteiger partial charge is 0.573 e. The maximum atomic E-state index is 12.3. The van der Waals surface area contributed by atoms with Crippen LogP contribution in [0.2, 0.25) is 0 Å². The van der Waals surface area contributed by atoms with E-state index in [0.29, 0.717) is 0 Å². The Morgan fingerprint density at radius 3 is 2.61 bits per heavy atom. The monoisotopic (exact) mass is 261 g/mol. The van der Waals surface area contributed by atoms with Crippen molar-refractivity contribution in [2.75, 3.05) is 7.11 Å². The van der Waals surface area contributed by atoms with Crippen LogP contribution in [0.5, 0.6) is 11.5 Å². The van der Waals surface area contributed by atoms with Crippen LogP contribution in [-0.2, 0) is 13.0 Å². The van der Waals surface area contributed by atoms with Gasteiger partial charge in [0.25, 0.3) is 0 Å². The summed E-state index contributed by atoms with van der Waals surface area (Å²) in [4.78, 5) is 3.83. The minimum Gasteiger partial charge on any atom is -0.491 e. The maximum Gasteiger partial charge on any atom is 0.573 e. The van der Waals surface area contributed by atoms with Crippen LogP contribution in [0.1, 0.15) is 11.3 Å². The molecule has 2 N–H and O–H groups in total. The number of hydrogen-bond donors (Lipinski definition) is 1. The van der Waals surface area contributed by atoms with E-state index < -0.39 is 12.1 Å². The molecule has 0 bridgehead atoms. The van der Waals surface area contributed by atoms with E-state index in [4.69, 9.17) is 15.7 Å². The minimum atomic E-state index is -4.88. The number of alkyl halides is 3. The maximum absolute atomic E-state index is 12.3. The lowest BCUT2D eigenvalue weighted by Crippen LogP contribution is -2.20. The van der Waals surface area contributed by atoms with Crippen LogP contribution in [0.4, 0.5) is 13.2 Å². The Kier molecular flexibility index (Phi) is 4.33. The lowest BCUT2D eigenvalue weighted by Gasteiger charge is -2.16. The van der Waals surface area contributed by atoms with Crippen LogP contribution in [0.3, 0.4) is 0 Å². The van der Waals surface area contributed by atoms with Gasteiger partial charge in [0.1, 0.15) is 0 Å². The molecule has 0 saturated carbocycles. The SMILES string of the molecule is COc1cnc(CN)c(CC#N)c1OC(F)(F)F. The zero-order valence-electron chi connectivity index (χ0n) is 9.41. The second kappa shape index (κ2) is 5.55. The summed E-state index contributed by atoms with van der Waals surface area (Å²) in [7, 11) is 1.18. The molecular weight excluding hydrogens is 251 g/mol. The smallest absolute Gasteiger partial charge is 0.491 e. The summed E-state index contributed by atoms with van der Waals surface area (Å²) in [5.41, 5.74) is 5.50. The van der Waals surface area contributed by atoms with Gasteiger partial charge in [-0.05, 0) is 0 Å². The average molecular weight is 261 g/mol. The number of aromatic nitrogens is 1. The molecule has 0 fully saturated rings. The second-order valence-corrected chi connectivity index (χ2v) is 3.17. The Hall–Kier alpha value is -2.01. The first kappa shape index (κ1) is 14.1. The van der Waals surface area contributed by atoms with E-state index in [2.05, 4.69) is 9.72 Å². The molecule has 98 valence electrons. The third-order valence-corrected chi connectivity index (χ3v) is 2.07. The summed E-state index contributed by atoms with van der Waals surface area (Å²) in [6.07, 6.45) is -4.11. The quantitative estimate of drug-likeness (QED) is 0.888. The Morgan fingerprint density at radius 2 is 2.17 bits per heavy atom. The zero-order valence-corrected chi connectivity index (χ0v) is 9.41. The molecule has 8 heteroatoms. The fourth-order valence-electron chi connectivity index (χ4n) is 1.36. The highest BCUT2D eigenvalue weighted by molar-refractivity contribution is 5.48. The van der Waals surface area contributed by atoms with E-state index in [1.54, 1.807) is 6.07 Å². The number of nitriles is 1. The van der Waals surface area contributed by atoms with Crippen molar-refractivity contribution in [2.45, 2.75) is 19.3 Å². The highest BCUT2D eigenvalue weighted by atomic mass is 19.4. The van der Waals surface area contributed by atoms with Crippen LogP contribution in [0.15, 0.2) is 6.20 Å². The van der Waals surface area contributed by atoms with Crippen molar-refractivity contribution in [3.05, 3.63) is 17.5 Å². The molecule has 0 unspecified atom stereocenters. The zero-order chi connectivity index (χ0) is 13.8. The minimum absolute atomic E-state index is 0.0170. The molecular formula is C10H10F3N3O2. The van der Waals surface area contributed by atoms with Crippen molar-refractivity contribution in [1.82, 2.24) is 4.98 Å².